The maximum atomic E-state index is 13.3. The summed E-state index contributed by atoms with van der Waals surface area (Å²) >= 11 is 0. The van der Waals surface area contributed by atoms with Crippen molar-refractivity contribution in [1.29, 1.82) is 0 Å². The lowest BCUT2D eigenvalue weighted by Crippen LogP contribution is -2.31. The van der Waals surface area contributed by atoms with E-state index in [2.05, 4.69) is 0 Å². The summed E-state index contributed by atoms with van der Waals surface area (Å²) in [6.45, 7) is 3.35. The second-order valence-corrected chi connectivity index (χ2v) is 5.21. The molecule has 0 saturated heterocycles. The van der Waals surface area contributed by atoms with Gasteiger partial charge in [0.25, 0.3) is 11.8 Å². The Hall–Kier alpha value is -2.53. The van der Waals surface area contributed by atoms with E-state index in [0.29, 0.717) is 22.3 Å². The zero-order valence-electron chi connectivity index (χ0n) is 12.2. The van der Waals surface area contributed by atoms with Gasteiger partial charge in [-0.3, -0.25) is 14.4 Å². The number of carbonyl (C=O) groups is 2. The van der Waals surface area contributed by atoms with Crippen LogP contribution in [-0.2, 0) is 4.84 Å². The quantitative estimate of drug-likeness (QED) is 0.816. The number of hydroxylamine groups is 2. The van der Waals surface area contributed by atoms with Crippen molar-refractivity contribution in [1.82, 2.24) is 5.06 Å². The monoisotopic (exact) mass is 299 g/mol. The van der Waals surface area contributed by atoms with E-state index < -0.39 is 17.9 Å². The molecule has 0 N–H and O–H groups in total. The highest BCUT2D eigenvalue weighted by molar-refractivity contribution is 6.20. The van der Waals surface area contributed by atoms with Gasteiger partial charge in [0.05, 0.1) is 11.1 Å². The summed E-state index contributed by atoms with van der Waals surface area (Å²) < 4.78 is 13.3. The van der Waals surface area contributed by atoms with Gasteiger partial charge in [-0.05, 0) is 43.2 Å². The Kier molecular flexibility index (Phi) is 3.50. The molecule has 2 aromatic carbocycles. The summed E-state index contributed by atoms with van der Waals surface area (Å²) in [6.07, 6.45) is -0.554. The van der Waals surface area contributed by atoms with Crippen LogP contribution in [0.5, 0.6) is 0 Å². The second kappa shape index (κ2) is 5.35. The number of benzene rings is 2. The minimum Gasteiger partial charge on any atom is -0.266 e. The normalized spacial score (nSPS) is 15.1. The summed E-state index contributed by atoms with van der Waals surface area (Å²) in [5, 5.41) is 0.772. The van der Waals surface area contributed by atoms with Crippen molar-refractivity contribution in [3.05, 3.63) is 70.5 Å². The van der Waals surface area contributed by atoms with E-state index >= 15 is 0 Å². The number of aryl methyl sites for hydroxylation is 1. The van der Waals surface area contributed by atoms with Gasteiger partial charge in [-0.25, -0.2) is 4.39 Å². The van der Waals surface area contributed by atoms with Crippen molar-refractivity contribution >= 4 is 11.8 Å². The van der Waals surface area contributed by atoms with Crippen molar-refractivity contribution in [2.45, 2.75) is 20.0 Å². The number of amides is 2. The first-order valence-corrected chi connectivity index (χ1v) is 6.89. The first kappa shape index (κ1) is 14.4. The SMILES string of the molecule is Cc1cc(C(C)ON2C(=O)c3ccccc3C2=O)ccc1F. The molecule has 1 aliphatic rings. The molecule has 2 aromatic rings. The Labute approximate surface area is 127 Å². The van der Waals surface area contributed by atoms with Crippen molar-refractivity contribution in [2.75, 3.05) is 0 Å². The molecule has 112 valence electrons. The van der Waals surface area contributed by atoms with Crippen molar-refractivity contribution in [2.24, 2.45) is 0 Å². The second-order valence-electron chi connectivity index (χ2n) is 5.21. The average molecular weight is 299 g/mol. The summed E-state index contributed by atoms with van der Waals surface area (Å²) in [5.41, 5.74) is 1.83. The maximum absolute atomic E-state index is 13.3. The Balaban J connectivity index is 1.83. The van der Waals surface area contributed by atoms with Crippen molar-refractivity contribution in [3.8, 4) is 0 Å². The van der Waals surface area contributed by atoms with Crippen molar-refractivity contribution in [3.63, 3.8) is 0 Å². The van der Waals surface area contributed by atoms with Crippen molar-refractivity contribution < 1.29 is 18.8 Å². The fraction of sp³-hybridized carbons (Fsp3) is 0.176. The van der Waals surface area contributed by atoms with E-state index in [1.807, 2.05) is 0 Å². The number of carbonyl (C=O) groups excluding carboxylic acids is 2. The molecule has 0 saturated carbocycles. The molecule has 1 unspecified atom stereocenters. The van der Waals surface area contributed by atoms with Crippen LogP contribution in [0.3, 0.4) is 0 Å². The molecule has 5 heteroatoms. The molecule has 2 amide bonds. The zero-order chi connectivity index (χ0) is 15.9. The Morgan fingerprint density at radius 2 is 1.64 bits per heavy atom. The Morgan fingerprint density at radius 1 is 1.05 bits per heavy atom. The molecule has 4 nitrogen and oxygen atoms in total. The third kappa shape index (κ3) is 2.29. The van der Waals surface area contributed by atoms with Gasteiger partial charge in [0, 0.05) is 0 Å². The third-order valence-corrected chi connectivity index (χ3v) is 3.67. The third-order valence-electron chi connectivity index (χ3n) is 3.67. The predicted molar refractivity (Wildman–Crippen MR) is 77.6 cm³/mol. The topological polar surface area (TPSA) is 46.6 Å². The van der Waals surface area contributed by atoms with Crippen LogP contribution in [0.1, 0.15) is 44.9 Å². The molecule has 0 bridgehead atoms. The largest absolute Gasteiger partial charge is 0.285 e. The summed E-state index contributed by atoms with van der Waals surface area (Å²) in [5.74, 6) is -1.27. The number of hydrogen-bond donors (Lipinski definition) is 0. The Bertz CT molecular complexity index is 737. The summed E-state index contributed by atoms with van der Waals surface area (Å²) in [4.78, 5) is 29.9. The molecule has 1 aliphatic heterocycles. The van der Waals surface area contributed by atoms with E-state index in [-0.39, 0.29) is 5.82 Å². The lowest BCUT2D eigenvalue weighted by molar-refractivity contribution is -0.128. The van der Waals surface area contributed by atoms with Crippen LogP contribution in [0, 0.1) is 12.7 Å². The summed E-state index contributed by atoms with van der Waals surface area (Å²) in [6, 6.07) is 11.1. The lowest BCUT2D eigenvalue weighted by atomic mass is 10.1. The predicted octanol–water partition coefficient (Wildman–Crippen LogP) is 3.42. The maximum Gasteiger partial charge on any atom is 0.285 e. The number of fused-ring (bicyclic) bond motifs is 1. The smallest absolute Gasteiger partial charge is 0.266 e. The van der Waals surface area contributed by atoms with Crippen LogP contribution in [-0.4, -0.2) is 16.9 Å². The molecular weight excluding hydrogens is 285 g/mol. The van der Waals surface area contributed by atoms with Crippen LogP contribution < -0.4 is 0 Å². The molecule has 22 heavy (non-hydrogen) atoms. The molecular formula is C17H14FNO3. The minimum absolute atomic E-state index is 0.309. The molecule has 1 heterocycles. The molecule has 3 rings (SSSR count). The average Bonchev–Trinajstić information content (AvgIpc) is 2.75. The Morgan fingerprint density at radius 3 is 2.18 bits per heavy atom. The fourth-order valence-electron chi connectivity index (χ4n) is 2.40. The number of imide groups is 1. The van der Waals surface area contributed by atoms with Crippen LogP contribution in [0.2, 0.25) is 0 Å². The van der Waals surface area contributed by atoms with E-state index in [0.717, 1.165) is 5.06 Å². The lowest BCUT2D eigenvalue weighted by Gasteiger charge is -2.19. The highest BCUT2D eigenvalue weighted by Gasteiger charge is 2.37. The minimum atomic E-state index is -0.554. The number of rotatable bonds is 3. The van der Waals surface area contributed by atoms with Crippen LogP contribution in [0.4, 0.5) is 4.39 Å². The van der Waals surface area contributed by atoms with Crippen LogP contribution >= 0.6 is 0 Å². The first-order chi connectivity index (χ1) is 10.5. The highest BCUT2D eigenvalue weighted by Crippen LogP contribution is 2.27. The van der Waals surface area contributed by atoms with Gasteiger partial charge in [-0.15, -0.1) is 5.06 Å². The van der Waals surface area contributed by atoms with Gasteiger partial charge >= 0.3 is 0 Å². The zero-order valence-corrected chi connectivity index (χ0v) is 12.2. The van der Waals surface area contributed by atoms with Crippen LogP contribution in [0.25, 0.3) is 0 Å². The molecule has 1 atom stereocenters. The molecule has 0 fully saturated rings. The fourth-order valence-corrected chi connectivity index (χ4v) is 2.40. The molecule has 0 aromatic heterocycles. The van der Waals surface area contributed by atoms with E-state index in [9.17, 15) is 14.0 Å². The first-order valence-electron chi connectivity index (χ1n) is 6.89. The highest BCUT2D eigenvalue weighted by atomic mass is 19.1. The van der Waals surface area contributed by atoms with E-state index in [1.165, 1.54) is 6.07 Å². The number of halogens is 1. The van der Waals surface area contributed by atoms with Gasteiger partial charge in [-0.1, -0.05) is 24.3 Å². The van der Waals surface area contributed by atoms with Gasteiger partial charge < -0.3 is 0 Å². The van der Waals surface area contributed by atoms with E-state index in [1.54, 1.807) is 50.2 Å². The molecule has 0 radical (unpaired) electrons. The number of hydrogen-bond acceptors (Lipinski definition) is 3. The standard InChI is InChI=1S/C17H14FNO3/c1-10-9-12(7-8-15(10)18)11(2)22-19-16(20)13-5-3-4-6-14(13)17(19)21/h3-9,11H,1-2H3. The molecule has 0 spiro atoms. The molecule has 0 aliphatic carbocycles. The van der Waals surface area contributed by atoms with Gasteiger partial charge in [-0.2, -0.15) is 0 Å². The summed E-state index contributed by atoms with van der Waals surface area (Å²) in [7, 11) is 0. The van der Waals surface area contributed by atoms with Gasteiger partial charge in [0.1, 0.15) is 11.9 Å². The van der Waals surface area contributed by atoms with Gasteiger partial charge in [0.15, 0.2) is 0 Å². The van der Waals surface area contributed by atoms with Gasteiger partial charge in [0.2, 0.25) is 0 Å². The number of nitrogens with zero attached hydrogens (tertiary/aromatic N) is 1. The van der Waals surface area contributed by atoms with E-state index in [4.69, 9.17) is 4.84 Å². The van der Waals surface area contributed by atoms with Crippen LogP contribution in [0.15, 0.2) is 42.5 Å².